The van der Waals surface area contributed by atoms with E-state index in [1.165, 1.54) is 0 Å². The summed E-state index contributed by atoms with van der Waals surface area (Å²) in [5, 5.41) is 2.49. The molecule has 7 nitrogen and oxygen atoms in total. The van der Waals surface area contributed by atoms with Crippen LogP contribution in [0.1, 0.15) is 21.6 Å². The molecule has 0 aliphatic rings. The summed E-state index contributed by atoms with van der Waals surface area (Å²) in [6.07, 6.45) is -0.446. The van der Waals surface area contributed by atoms with Crippen molar-refractivity contribution in [2.45, 2.75) is 6.42 Å². The molecule has 2 N–H and O–H groups in total. The van der Waals surface area contributed by atoms with Crippen molar-refractivity contribution in [1.29, 1.82) is 0 Å². The summed E-state index contributed by atoms with van der Waals surface area (Å²) >= 11 is 3.29. The fourth-order valence-electron chi connectivity index (χ4n) is 3.11. The van der Waals surface area contributed by atoms with Crippen molar-refractivity contribution in [3.8, 4) is 0 Å². The average molecular weight is 490 g/mol. The van der Waals surface area contributed by atoms with Gasteiger partial charge in [-0.05, 0) is 42.5 Å². The van der Waals surface area contributed by atoms with Gasteiger partial charge in [0.05, 0.1) is 17.5 Å². The zero-order valence-electron chi connectivity index (χ0n) is 16.6. The Morgan fingerprint density at radius 3 is 2.34 bits per heavy atom. The lowest BCUT2D eigenvalue weighted by Crippen LogP contribution is -2.28. The number of Topliss-reactive ketones (excluding diaryl/α,β-unsaturated/α-hetero) is 1. The highest BCUT2D eigenvalue weighted by Crippen LogP contribution is 2.16. The number of nitrogens with zero attached hydrogens (tertiary/aromatic N) is 1. The predicted molar refractivity (Wildman–Crippen MR) is 124 cm³/mol. The predicted octanol–water partition coefficient (Wildman–Crippen LogP) is 3.67. The number of fused-ring (bicyclic) bond motifs is 1. The van der Waals surface area contributed by atoms with Crippen LogP contribution in [0.4, 0.5) is 5.69 Å². The van der Waals surface area contributed by atoms with Gasteiger partial charge in [-0.1, -0.05) is 46.3 Å². The van der Waals surface area contributed by atoms with E-state index in [1.807, 2.05) is 6.07 Å². The summed E-state index contributed by atoms with van der Waals surface area (Å²) in [5.74, 6) is -1.81. The van der Waals surface area contributed by atoms with Crippen molar-refractivity contribution in [1.82, 2.24) is 9.97 Å². The second kappa shape index (κ2) is 9.07. The van der Waals surface area contributed by atoms with Crippen LogP contribution in [0.25, 0.3) is 11.0 Å². The van der Waals surface area contributed by atoms with Crippen LogP contribution in [0.2, 0.25) is 0 Å². The second-order valence-electron chi connectivity index (χ2n) is 7.00. The first-order valence-electron chi connectivity index (χ1n) is 9.63. The molecule has 1 aromatic heterocycles. The molecule has 1 amide bonds. The normalized spacial score (nSPS) is 10.7. The third kappa shape index (κ3) is 4.70. The van der Waals surface area contributed by atoms with E-state index in [0.717, 1.165) is 4.47 Å². The maximum absolute atomic E-state index is 12.6. The minimum Gasteiger partial charge on any atom is -0.319 e. The molecule has 158 valence electrons. The number of H-pyrrole nitrogens is 1. The van der Waals surface area contributed by atoms with Crippen LogP contribution >= 0.6 is 15.9 Å². The minimum absolute atomic E-state index is 0.0735. The van der Waals surface area contributed by atoms with Crippen molar-refractivity contribution in [2.24, 2.45) is 0 Å². The number of ketones is 2. The Hall–Kier alpha value is -3.91. The number of hydrogen-bond donors (Lipinski definition) is 2. The smallest absolute Gasteiger partial charge is 0.292 e. The van der Waals surface area contributed by atoms with E-state index in [0.29, 0.717) is 27.8 Å². The van der Waals surface area contributed by atoms with Crippen molar-refractivity contribution in [3.05, 3.63) is 104 Å². The number of carbonyl (C=O) groups is 3. The zero-order chi connectivity index (χ0) is 22.7. The van der Waals surface area contributed by atoms with Gasteiger partial charge >= 0.3 is 0 Å². The molecule has 4 rings (SSSR count). The summed E-state index contributed by atoms with van der Waals surface area (Å²) in [6, 6.07) is 20.3. The molecule has 0 radical (unpaired) electrons. The highest BCUT2D eigenvalue weighted by molar-refractivity contribution is 9.10. The number of amides is 1. The number of halogens is 1. The molecule has 0 saturated carbocycles. The summed E-state index contributed by atoms with van der Waals surface area (Å²) in [4.78, 5) is 56.4. The summed E-state index contributed by atoms with van der Waals surface area (Å²) in [6.45, 7) is 0. The van der Waals surface area contributed by atoms with Crippen LogP contribution in [0, 0.1) is 0 Å². The topological polar surface area (TPSA) is 109 Å². The molecule has 0 unspecified atom stereocenters. The summed E-state index contributed by atoms with van der Waals surface area (Å²) in [5.41, 5.74) is 1.50. The SMILES string of the molecule is O=C(Cc1nc2ccc(C(=O)c3ccccc3)cc2[nH]c1=O)C(=O)Nc1ccc(Br)cc1. The quantitative estimate of drug-likeness (QED) is 0.317. The molecule has 0 atom stereocenters. The lowest BCUT2D eigenvalue weighted by Gasteiger charge is -2.06. The molecule has 0 aliphatic carbocycles. The van der Waals surface area contributed by atoms with Gasteiger partial charge in [-0.25, -0.2) is 4.98 Å². The van der Waals surface area contributed by atoms with E-state index in [-0.39, 0.29) is 11.5 Å². The van der Waals surface area contributed by atoms with E-state index >= 15 is 0 Å². The van der Waals surface area contributed by atoms with Crippen molar-refractivity contribution < 1.29 is 14.4 Å². The molecule has 3 aromatic carbocycles. The van der Waals surface area contributed by atoms with Gasteiger partial charge in [-0.2, -0.15) is 0 Å². The minimum atomic E-state index is -0.836. The molecular formula is C24H16BrN3O4. The molecular weight excluding hydrogens is 474 g/mol. The summed E-state index contributed by atoms with van der Waals surface area (Å²) in [7, 11) is 0. The molecule has 0 fully saturated rings. The van der Waals surface area contributed by atoms with Crippen LogP contribution < -0.4 is 10.9 Å². The molecule has 0 bridgehead atoms. The number of nitrogens with one attached hydrogen (secondary N) is 2. The van der Waals surface area contributed by atoms with Crippen LogP contribution in [-0.4, -0.2) is 27.4 Å². The van der Waals surface area contributed by atoms with Gasteiger partial charge in [0.2, 0.25) is 5.78 Å². The van der Waals surface area contributed by atoms with E-state index in [4.69, 9.17) is 0 Å². The van der Waals surface area contributed by atoms with Crippen molar-refractivity contribution in [3.63, 3.8) is 0 Å². The van der Waals surface area contributed by atoms with Crippen molar-refractivity contribution in [2.75, 3.05) is 5.32 Å². The van der Waals surface area contributed by atoms with Crippen LogP contribution in [0.5, 0.6) is 0 Å². The second-order valence-corrected chi connectivity index (χ2v) is 7.92. The molecule has 32 heavy (non-hydrogen) atoms. The van der Waals surface area contributed by atoms with Crippen molar-refractivity contribution >= 4 is 50.1 Å². The number of carbonyl (C=O) groups excluding carboxylic acids is 3. The largest absolute Gasteiger partial charge is 0.319 e. The first kappa shape index (κ1) is 21.3. The van der Waals surface area contributed by atoms with E-state index in [1.54, 1.807) is 66.7 Å². The molecule has 0 aliphatic heterocycles. The van der Waals surface area contributed by atoms with Gasteiger partial charge in [0, 0.05) is 21.3 Å². The molecule has 1 heterocycles. The number of benzene rings is 3. The van der Waals surface area contributed by atoms with Crippen LogP contribution in [0.3, 0.4) is 0 Å². The Labute approximate surface area is 190 Å². The van der Waals surface area contributed by atoms with E-state index in [2.05, 4.69) is 31.2 Å². The van der Waals surface area contributed by atoms with Crippen LogP contribution in [0.15, 0.2) is 82.1 Å². The Morgan fingerprint density at radius 2 is 1.62 bits per heavy atom. The van der Waals surface area contributed by atoms with Gasteiger partial charge in [-0.3, -0.25) is 19.2 Å². The van der Waals surface area contributed by atoms with Gasteiger partial charge in [0.1, 0.15) is 5.69 Å². The third-order valence-electron chi connectivity index (χ3n) is 4.74. The molecule has 8 heteroatoms. The highest BCUT2D eigenvalue weighted by atomic mass is 79.9. The lowest BCUT2D eigenvalue weighted by atomic mass is 10.0. The molecule has 0 spiro atoms. The number of aromatic nitrogens is 2. The Morgan fingerprint density at radius 1 is 0.906 bits per heavy atom. The number of anilines is 1. The standard InChI is InChI=1S/C24H16BrN3O4/c25-16-7-9-17(10-8-16)26-24(32)21(29)13-20-23(31)28-19-12-15(6-11-18(19)27-20)22(30)14-4-2-1-3-5-14/h1-12H,13H2,(H,26,32)(H,28,31). The van der Waals surface area contributed by atoms with Gasteiger partial charge in [-0.15, -0.1) is 0 Å². The van der Waals surface area contributed by atoms with Gasteiger partial charge in [0.25, 0.3) is 11.5 Å². The highest BCUT2D eigenvalue weighted by Gasteiger charge is 2.18. The third-order valence-corrected chi connectivity index (χ3v) is 5.27. The van der Waals surface area contributed by atoms with Gasteiger partial charge in [0.15, 0.2) is 5.78 Å². The molecule has 0 saturated heterocycles. The zero-order valence-corrected chi connectivity index (χ0v) is 18.2. The average Bonchev–Trinajstić information content (AvgIpc) is 2.80. The summed E-state index contributed by atoms with van der Waals surface area (Å²) < 4.78 is 0.836. The van der Waals surface area contributed by atoms with E-state index < -0.39 is 23.7 Å². The number of hydrogen-bond acceptors (Lipinski definition) is 5. The van der Waals surface area contributed by atoms with Crippen LogP contribution in [-0.2, 0) is 16.0 Å². The Balaban J connectivity index is 1.53. The van der Waals surface area contributed by atoms with Gasteiger partial charge < -0.3 is 10.3 Å². The maximum Gasteiger partial charge on any atom is 0.292 e. The Bertz CT molecular complexity index is 1400. The first-order valence-corrected chi connectivity index (χ1v) is 10.4. The van der Waals surface area contributed by atoms with E-state index in [9.17, 15) is 19.2 Å². The fourth-order valence-corrected chi connectivity index (χ4v) is 3.37. The maximum atomic E-state index is 12.6. The first-order chi connectivity index (χ1) is 15.4. The Kier molecular flexibility index (Phi) is 6.04. The number of aromatic amines is 1. The molecule has 4 aromatic rings. The fraction of sp³-hybridized carbons (Fsp3) is 0.0417. The lowest BCUT2D eigenvalue weighted by molar-refractivity contribution is -0.134. The monoisotopic (exact) mass is 489 g/mol. The number of rotatable bonds is 6.